The van der Waals surface area contributed by atoms with E-state index in [1.165, 1.54) is 76.2 Å². The molecular weight excluding hydrogens is 280 g/mol. The monoisotopic (exact) mass is 316 g/mol. The van der Waals surface area contributed by atoms with E-state index in [9.17, 15) is 4.79 Å². The third kappa shape index (κ3) is 4.70. The largest absolute Gasteiger partial charge is 0.299 e. The maximum absolute atomic E-state index is 11.6. The average Bonchev–Trinajstić information content (AvgIpc) is 2.59. The van der Waals surface area contributed by atoms with Crippen LogP contribution in [0.5, 0.6) is 0 Å². The predicted molar refractivity (Wildman–Crippen MR) is 97.4 cm³/mol. The fourth-order valence-corrected chi connectivity index (χ4v) is 5.45. The fourth-order valence-electron chi connectivity index (χ4n) is 5.45. The van der Waals surface area contributed by atoms with Crippen LogP contribution >= 0.6 is 0 Å². The third-order valence-corrected chi connectivity index (χ3v) is 6.99. The molecule has 0 radical (unpaired) electrons. The van der Waals surface area contributed by atoms with E-state index in [-0.39, 0.29) is 0 Å². The van der Waals surface area contributed by atoms with E-state index in [2.05, 4.69) is 13.0 Å². The van der Waals surface area contributed by atoms with Gasteiger partial charge in [-0.2, -0.15) is 0 Å². The van der Waals surface area contributed by atoms with Crippen LogP contribution in [-0.2, 0) is 4.79 Å². The van der Waals surface area contributed by atoms with Crippen molar-refractivity contribution in [1.29, 1.82) is 0 Å². The zero-order valence-corrected chi connectivity index (χ0v) is 15.2. The van der Waals surface area contributed by atoms with Gasteiger partial charge in [0.15, 0.2) is 0 Å². The molecule has 0 aromatic heterocycles. The number of Topliss-reactive ketones (excluding diaryl/α,β-unsaturated/α-hetero) is 1. The second-order valence-electron chi connectivity index (χ2n) is 8.59. The highest BCUT2D eigenvalue weighted by atomic mass is 16.1. The molecule has 0 bridgehead atoms. The van der Waals surface area contributed by atoms with Gasteiger partial charge in [0.05, 0.1) is 0 Å². The number of unbranched alkanes of at least 4 members (excludes halogenated alkanes) is 3. The van der Waals surface area contributed by atoms with Crippen molar-refractivity contribution in [2.45, 2.75) is 96.8 Å². The Morgan fingerprint density at radius 1 is 1.00 bits per heavy atom. The summed E-state index contributed by atoms with van der Waals surface area (Å²) in [5.74, 6) is 4.19. The smallest absolute Gasteiger partial charge is 0.136 e. The van der Waals surface area contributed by atoms with Crippen molar-refractivity contribution in [3.8, 4) is 0 Å². The first-order valence-corrected chi connectivity index (χ1v) is 10.5. The number of fused-ring (bicyclic) bond motifs is 1. The van der Waals surface area contributed by atoms with Crippen molar-refractivity contribution in [2.75, 3.05) is 0 Å². The first-order valence-electron chi connectivity index (χ1n) is 10.5. The second kappa shape index (κ2) is 8.49. The molecule has 23 heavy (non-hydrogen) atoms. The zero-order valence-electron chi connectivity index (χ0n) is 15.2. The van der Waals surface area contributed by atoms with Crippen LogP contribution in [0.1, 0.15) is 96.8 Å². The molecule has 0 heterocycles. The van der Waals surface area contributed by atoms with E-state index in [0.29, 0.717) is 5.78 Å². The van der Waals surface area contributed by atoms with Gasteiger partial charge in [0.1, 0.15) is 5.78 Å². The Balaban J connectivity index is 1.41. The average molecular weight is 317 g/mol. The van der Waals surface area contributed by atoms with Gasteiger partial charge < -0.3 is 0 Å². The molecule has 2 saturated carbocycles. The molecule has 0 aromatic rings. The van der Waals surface area contributed by atoms with Gasteiger partial charge in [-0.05, 0) is 55.8 Å². The van der Waals surface area contributed by atoms with Crippen molar-refractivity contribution in [3.05, 3.63) is 11.6 Å². The number of hydrogen-bond donors (Lipinski definition) is 0. The summed E-state index contributed by atoms with van der Waals surface area (Å²) in [5.41, 5.74) is 1.50. The highest BCUT2D eigenvalue weighted by molar-refractivity contribution is 5.82. The zero-order chi connectivity index (χ0) is 16.1. The Hall–Kier alpha value is -0.590. The summed E-state index contributed by atoms with van der Waals surface area (Å²) in [6.45, 7) is 2.30. The minimum Gasteiger partial charge on any atom is -0.299 e. The number of rotatable bonds is 6. The van der Waals surface area contributed by atoms with E-state index in [4.69, 9.17) is 0 Å². The van der Waals surface area contributed by atoms with E-state index in [1.54, 1.807) is 0 Å². The summed E-state index contributed by atoms with van der Waals surface area (Å²) in [6, 6.07) is 0. The maximum atomic E-state index is 11.6. The van der Waals surface area contributed by atoms with Gasteiger partial charge in [0.25, 0.3) is 0 Å². The Morgan fingerprint density at radius 3 is 2.61 bits per heavy atom. The van der Waals surface area contributed by atoms with Crippen molar-refractivity contribution >= 4 is 5.78 Å². The first-order chi connectivity index (χ1) is 11.3. The molecule has 0 amide bonds. The molecule has 3 rings (SSSR count). The molecule has 130 valence electrons. The lowest BCUT2D eigenvalue weighted by molar-refractivity contribution is -0.119. The topological polar surface area (TPSA) is 17.1 Å². The van der Waals surface area contributed by atoms with Gasteiger partial charge in [-0.3, -0.25) is 4.79 Å². The molecule has 0 aliphatic heterocycles. The number of carbonyl (C=O) groups is 1. The highest BCUT2D eigenvalue weighted by Gasteiger charge is 2.34. The number of allylic oxidation sites excluding steroid dienone is 2. The molecule has 2 fully saturated rings. The minimum atomic E-state index is 0.481. The lowest BCUT2D eigenvalue weighted by Gasteiger charge is -2.39. The van der Waals surface area contributed by atoms with Crippen LogP contribution in [0.15, 0.2) is 11.6 Å². The minimum absolute atomic E-state index is 0.481. The predicted octanol–water partition coefficient (Wildman–Crippen LogP) is 6.47. The summed E-state index contributed by atoms with van der Waals surface area (Å²) in [7, 11) is 0. The van der Waals surface area contributed by atoms with Crippen molar-refractivity contribution < 1.29 is 4.79 Å². The lowest BCUT2D eigenvalue weighted by Crippen LogP contribution is -2.29. The SMILES string of the molecule is CCCCCCC1CCC(C2CC=C3CC(=O)CCC3C2)CC1. The Morgan fingerprint density at radius 2 is 1.83 bits per heavy atom. The molecule has 1 nitrogen and oxygen atoms in total. The molecular formula is C22H36O. The molecule has 0 saturated heterocycles. The van der Waals surface area contributed by atoms with Gasteiger partial charge in [-0.15, -0.1) is 0 Å². The van der Waals surface area contributed by atoms with E-state index >= 15 is 0 Å². The summed E-state index contributed by atoms with van der Waals surface area (Å²) < 4.78 is 0. The number of hydrogen-bond acceptors (Lipinski definition) is 1. The maximum Gasteiger partial charge on any atom is 0.136 e. The van der Waals surface area contributed by atoms with Crippen molar-refractivity contribution in [3.63, 3.8) is 0 Å². The van der Waals surface area contributed by atoms with Crippen LogP contribution in [0.3, 0.4) is 0 Å². The molecule has 1 heteroatoms. The second-order valence-corrected chi connectivity index (χ2v) is 8.59. The molecule has 3 aliphatic rings. The normalized spacial score (nSPS) is 34.8. The van der Waals surface area contributed by atoms with Crippen molar-refractivity contribution in [2.24, 2.45) is 23.7 Å². The van der Waals surface area contributed by atoms with Crippen LogP contribution in [0.2, 0.25) is 0 Å². The Kier molecular flexibility index (Phi) is 6.36. The van der Waals surface area contributed by atoms with Crippen LogP contribution < -0.4 is 0 Å². The van der Waals surface area contributed by atoms with Crippen LogP contribution in [0.25, 0.3) is 0 Å². The van der Waals surface area contributed by atoms with Gasteiger partial charge in [0.2, 0.25) is 0 Å². The molecule has 0 N–H and O–H groups in total. The Labute approximate surface area is 143 Å². The summed E-state index contributed by atoms with van der Waals surface area (Å²) in [5, 5.41) is 0. The van der Waals surface area contributed by atoms with Crippen LogP contribution in [-0.4, -0.2) is 5.78 Å². The molecule has 2 atom stereocenters. The van der Waals surface area contributed by atoms with Gasteiger partial charge in [-0.1, -0.05) is 63.5 Å². The number of ketones is 1. The quantitative estimate of drug-likeness (QED) is 0.405. The number of carbonyl (C=O) groups excluding carboxylic acids is 1. The lowest BCUT2D eigenvalue weighted by atomic mass is 9.66. The fraction of sp³-hybridized carbons (Fsp3) is 0.864. The van der Waals surface area contributed by atoms with Crippen LogP contribution in [0.4, 0.5) is 0 Å². The van der Waals surface area contributed by atoms with Gasteiger partial charge in [0, 0.05) is 12.8 Å². The summed E-state index contributed by atoms with van der Waals surface area (Å²) in [4.78, 5) is 11.6. The standard InChI is InChI=1S/C22H36O/c1-2-3-4-5-6-17-7-9-18(10-8-17)19-11-12-21-16-22(23)14-13-20(21)15-19/h12,17-20H,2-11,13-16H2,1H3. The highest BCUT2D eigenvalue weighted by Crippen LogP contribution is 2.45. The van der Waals surface area contributed by atoms with E-state index < -0.39 is 0 Å². The Bertz CT molecular complexity index is 414. The molecule has 3 aliphatic carbocycles. The molecule has 0 spiro atoms. The van der Waals surface area contributed by atoms with E-state index in [1.807, 2.05) is 0 Å². The molecule has 2 unspecified atom stereocenters. The first kappa shape index (κ1) is 17.2. The summed E-state index contributed by atoms with van der Waals surface area (Å²) >= 11 is 0. The van der Waals surface area contributed by atoms with E-state index in [0.717, 1.165) is 42.9 Å². The van der Waals surface area contributed by atoms with Crippen LogP contribution in [0, 0.1) is 23.7 Å². The third-order valence-electron chi connectivity index (χ3n) is 6.99. The molecule has 0 aromatic carbocycles. The summed E-state index contributed by atoms with van der Waals surface area (Å²) in [6.07, 6.45) is 21.0. The van der Waals surface area contributed by atoms with Crippen molar-refractivity contribution in [1.82, 2.24) is 0 Å². The van der Waals surface area contributed by atoms with Gasteiger partial charge in [-0.25, -0.2) is 0 Å². The van der Waals surface area contributed by atoms with Gasteiger partial charge >= 0.3 is 0 Å².